The predicted molar refractivity (Wildman–Crippen MR) is 92.5 cm³/mol. The van der Waals surface area contributed by atoms with Gasteiger partial charge in [0.25, 0.3) is 0 Å². The summed E-state index contributed by atoms with van der Waals surface area (Å²) in [5, 5.41) is 0. The van der Waals surface area contributed by atoms with Crippen LogP contribution in [0.15, 0.2) is 60.7 Å². The van der Waals surface area contributed by atoms with E-state index < -0.39 is 0 Å². The van der Waals surface area contributed by atoms with E-state index in [1.807, 2.05) is 6.07 Å². The highest BCUT2D eigenvalue weighted by atomic mass is 14.6. The molecular formula is C20H25N. The van der Waals surface area contributed by atoms with Crippen LogP contribution < -0.4 is 5.73 Å². The highest BCUT2D eigenvalue weighted by molar-refractivity contribution is 5.53. The van der Waals surface area contributed by atoms with Gasteiger partial charge in [-0.2, -0.15) is 0 Å². The van der Waals surface area contributed by atoms with Crippen molar-refractivity contribution in [1.29, 1.82) is 0 Å². The van der Waals surface area contributed by atoms with Crippen molar-refractivity contribution in [3.63, 3.8) is 0 Å². The molecule has 0 aliphatic rings. The number of benzene rings is 2. The molecule has 2 aromatic carbocycles. The fourth-order valence-electron chi connectivity index (χ4n) is 2.79. The molecular weight excluding hydrogens is 254 g/mol. The Morgan fingerprint density at radius 2 is 1.86 bits per heavy atom. The Labute approximate surface area is 128 Å². The van der Waals surface area contributed by atoms with E-state index in [4.69, 9.17) is 5.73 Å². The summed E-state index contributed by atoms with van der Waals surface area (Å²) in [5.41, 5.74) is 12.2. The highest BCUT2D eigenvalue weighted by Crippen LogP contribution is 2.34. The van der Waals surface area contributed by atoms with Crippen molar-refractivity contribution in [2.24, 2.45) is 0 Å². The topological polar surface area (TPSA) is 26.0 Å². The van der Waals surface area contributed by atoms with Crippen LogP contribution in [-0.4, -0.2) is 0 Å². The van der Waals surface area contributed by atoms with Crippen molar-refractivity contribution in [2.45, 2.75) is 39.0 Å². The van der Waals surface area contributed by atoms with Gasteiger partial charge in [0.1, 0.15) is 0 Å². The van der Waals surface area contributed by atoms with Crippen molar-refractivity contribution < 1.29 is 0 Å². The second kappa shape index (κ2) is 7.12. The van der Waals surface area contributed by atoms with Crippen LogP contribution in [0.1, 0.15) is 48.8 Å². The first kappa shape index (κ1) is 15.4. The van der Waals surface area contributed by atoms with Gasteiger partial charge in [-0.3, -0.25) is 0 Å². The molecule has 0 spiro atoms. The number of hydrogen-bond donors (Lipinski definition) is 1. The fraction of sp³-hybridized carbons (Fsp3) is 0.300. The van der Waals surface area contributed by atoms with E-state index >= 15 is 0 Å². The van der Waals surface area contributed by atoms with Gasteiger partial charge >= 0.3 is 0 Å². The molecule has 0 bridgehead atoms. The van der Waals surface area contributed by atoms with Crippen LogP contribution in [0.4, 0.5) is 5.69 Å². The molecule has 1 unspecified atom stereocenters. The molecule has 1 atom stereocenters. The second-order valence-electron chi connectivity index (χ2n) is 5.94. The average molecular weight is 279 g/mol. The Bertz CT molecular complexity index is 598. The number of aryl methyl sites for hydroxylation is 1. The zero-order valence-corrected chi connectivity index (χ0v) is 13.1. The summed E-state index contributed by atoms with van der Waals surface area (Å²) in [6.07, 6.45) is 3.32. The van der Waals surface area contributed by atoms with E-state index in [1.54, 1.807) is 0 Å². The minimum atomic E-state index is 0.366. The number of hydrogen-bond acceptors (Lipinski definition) is 1. The van der Waals surface area contributed by atoms with Crippen molar-refractivity contribution >= 4 is 5.69 Å². The fourth-order valence-corrected chi connectivity index (χ4v) is 2.79. The van der Waals surface area contributed by atoms with Crippen LogP contribution in [0.25, 0.3) is 0 Å². The molecule has 0 saturated carbocycles. The normalized spacial score (nSPS) is 12.1. The molecule has 0 aliphatic heterocycles. The van der Waals surface area contributed by atoms with Gasteiger partial charge in [-0.25, -0.2) is 0 Å². The molecule has 21 heavy (non-hydrogen) atoms. The van der Waals surface area contributed by atoms with Crippen molar-refractivity contribution in [1.82, 2.24) is 0 Å². The van der Waals surface area contributed by atoms with Gasteiger partial charge in [0, 0.05) is 11.6 Å². The van der Waals surface area contributed by atoms with Gasteiger partial charge in [0.15, 0.2) is 0 Å². The third kappa shape index (κ3) is 4.22. The molecule has 110 valence electrons. The first-order valence-electron chi connectivity index (χ1n) is 7.63. The Morgan fingerprint density at radius 1 is 1.14 bits per heavy atom. The number of rotatable bonds is 6. The van der Waals surface area contributed by atoms with Gasteiger partial charge < -0.3 is 5.73 Å². The molecule has 0 heterocycles. The maximum atomic E-state index is 6.24. The van der Waals surface area contributed by atoms with Gasteiger partial charge in [0.2, 0.25) is 0 Å². The third-order valence-corrected chi connectivity index (χ3v) is 3.92. The Kier molecular flexibility index (Phi) is 5.21. The molecule has 0 aromatic heterocycles. The molecule has 2 aromatic rings. The Balaban J connectivity index is 2.31. The number of allylic oxidation sites excluding steroid dienone is 1. The summed E-state index contributed by atoms with van der Waals surface area (Å²) in [4.78, 5) is 0. The first-order chi connectivity index (χ1) is 10.1. The minimum absolute atomic E-state index is 0.366. The maximum Gasteiger partial charge on any atom is 0.0353 e. The number of anilines is 1. The largest absolute Gasteiger partial charge is 0.398 e. The Hall–Kier alpha value is -2.02. The molecule has 2 N–H and O–H groups in total. The molecule has 0 saturated heterocycles. The highest BCUT2D eigenvalue weighted by Gasteiger charge is 2.16. The Morgan fingerprint density at radius 3 is 2.52 bits per heavy atom. The van der Waals surface area contributed by atoms with Crippen molar-refractivity contribution in [2.75, 3.05) is 5.73 Å². The van der Waals surface area contributed by atoms with Crippen molar-refractivity contribution in [3.8, 4) is 0 Å². The van der Waals surface area contributed by atoms with Crippen LogP contribution in [0.2, 0.25) is 0 Å². The third-order valence-electron chi connectivity index (χ3n) is 3.92. The first-order valence-corrected chi connectivity index (χ1v) is 7.63. The lowest BCUT2D eigenvalue weighted by Gasteiger charge is -2.20. The summed E-state index contributed by atoms with van der Waals surface area (Å²) in [6.45, 7) is 8.22. The maximum absolute atomic E-state index is 6.24. The summed E-state index contributed by atoms with van der Waals surface area (Å²) >= 11 is 0. The number of nitrogen functional groups attached to an aromatic ring is 1. The van der Waals surface area contributed by atoms with E-state index in [0.717, 1.165) is 24.9 Å². The quantitative estimate of drug-likeness (QED) is 0.552. The number of nitrogens with two attached hydrogens (primary N) is 1. The lowest BCUT2D eigenvalue weighted by atomic mass is 9.85. The van der Waals surface area contributed by atoms with Crippen LogP contribution in [0.5, 0.6) is 0 Å². The van der Waals surface area contributed by atoms with E-state index in [0.29, 0.717) is 5.92 Å². The van der Waals surface area contributed by atoms with Gasteiger partial charge in [-0.15, -0.1) is 6.58 Å². The molecule has 1 heteroatoms. The van der Waals surface area contributed by atoms with E-state index in [-0.39, 0.29) is 0 Å². The van der Waals surface area contributed by atoms with E-state index in [9.17, 15) is 0 Å². The molecule has 2 rings (SSSR count). The van der Waals surface area contributed by atoms with Crippen LogP contribution in [-0.2, 0) is 0 Å². The van der Waals surface area contributed by atoms with Crippen LogP contribution >= 0.6 is 0 Å². The lowest BCUT2D eigenvalue weighted by molar-refractivity contribution is 0.660. The van der Waals surface area contributed by atoms with Gasteiger partial charge in [-0.05, 0) is 50.3 Å². The second-order valence-corrected chi connectivity index (χ2v) is 5.94. The molecule has 1 nitrogen and oxygen atoms in total. The molecule has 0 amide bonds. The molecule has 0 aliphatic carbocycles. The van der Waals surface area contributed by atoms with Crippen LogP contribution in [0, 0.1) is 6.92 Å². The lowest BCUT2D eigenvalue weighted by Crippen LogP contribution is -2.05. The monoisotopic (exact) mass is 279 g/mol. The summed E-state index contributed by atoms with van der Waals surface area (Å²) in [5.74, 6) is 0.366. The van der Waals surface area contributed by atoms with Crippen LogP contribution in [0.3, 0.4) is 0 Å². The summed E-state index contributed by atoms with van der Waals surface area (Å²) in [7, 11) is 0. The molecule has 0 fully saturated rings. The van der Waals surface area contributed by atoms with E-state index in [1.165, 1.54) is 22.3 Å². The average Bonchev–Trinajstić information content (AvgIpc) is 2.47. The zero-order chi connectivity index (χ0) is 15.2. The predicted octanol–water partition coefficient (Wildman–Crippen LogP) is 5.46. The van der Waals surface area contributed by atoms with E-state index in [2.05, 4.69) is 62.9 Å². The standard InChI is InChI=1S/C20H25N/c1-15(2)8-7-11-18(17-9-5-4-6-10-17)19-14-16(3)12-13-20(19)21/h4-6,9-10,12-14,18H,1,7-8,11,21H2,2-3H3. The van der Waals surface area contributed by atoms with Gasteiger partial charge in [-0.1, -0.05) is 53.6 Å². The zero-order valence-electron chi connectivity index (χ0n) is 13.1. The smallest absolute Gasteiger partial charge is 0.0353 e. The minimum Gasteiger partial charge on any atom is -0.398 e. The SMILES string of the molecule is C=C(C)CCCC(c1ccccc1)c1cc(C)ccc1N. The van der Waals surface area contributed by atoms with Gasteiger partial charge in [0.05, 0.1) is 0 Å². The van der Waals surface area contributed by atoms with Crippen molar-refractivity contribution in [3.05, 3.63) is 77.4 Å². The summed E-state index contributed by atoms with van der Waals surface area (Å²) < 4.78 is 0. The molecule has 0 radical (unpaired) electrons. The summed E-state index contributed by atoms with van der Waals surface area (Å²) in [6, 6.07) is 17.0.